The van der Waals surface area contributed by atoms with E-state index in [4.69, 9.17) is 16.2 Å². The molecule has 0 aromatic heterocycles. The van der Waals surface area contributed by atoms with Crippen molar-refractivity contribution in [3.63, 3.8) is 0 Å². The summed E-state index contributed by atoms with van der Waals surface area (Å²) in [5.41, 5.74) is 14.5. The second-order valence-corrected chi connectivity index (χ2v) is 13.7. The molecule has 6 aromatic carbocycles. The van der Waals surface area contributed by atoms with Crippen LogP contribution in [0.1, 0.15) is 5.56 Å². The summed E-state index contributed by atoms with van der Waals surface area (Å²) < 4.78 is 73.0. The van der Waals surface area contributed by atoms with E-state index in [2.05, 4.69) is 20.5 Å². The van der Waals surface area contributed by atoms with Gasteiger partial charge in [0.25, 0.3) is 20.2 Å². The van der Waals surface area contributed by atoms with E-state index >= 15 is 0 Å². The lowest BCUT2D eigenvalue weighted by molar-refractivity contribution is 0.282. The van der Waals surface area contributed by atoms with E-state index in [0.29, 0.717) is 55.4 Å². The minimum atomic E-state index is -4.65. The summed E-state index contributed by atoms with van der Waals surface area (Å²) in [5, 5.41) is 29.0. The number of ether oxygens (including phenoxy) is 1. The Labute approximate surface area is 285 Å². The molecule has 0 aliphatic carbocycles. The molecule has 0 aliphatic rings. The van der Waals surface area contributed by atoms with Crippen molar-refractivity contribution >= 4 is 75.9 Å². The van der Waals surface area contributed by atoms with Gasteiger partial charge in [0.1, 0.15) is 21.2 Å². The number of nitrogen functional groups attached to an aromatic ring is 2. The van der Waals surface area contributed by atoms with Gasteiger partial charge in [0.15, 0.2) is 0 Å². The van der Waals surface area contributed by atoms with Gasteiger partial charge in [0.2, 0.25) is 0 Å². The van der Waals surface area contributed by atoms with E-state index in [0.717, 1.165) is 12.1 Å². The quantitative estimate of drug-likeness (QED) is 0.0557. The zero-order valence-electron chi connectivity index (χ0n) is 26.1. The lowest BCUT2D eigenvalue weighted by Gasteiger charge is -2.11. The van der Waals surface area contributed by atoms with Crippen molar-refractivity contribution in [1.82, 2.24) is 0 Å². The van der Waals surface area contributed by atoms with Crippen molar-refractivity contribution in [1.29, 1.82) is 0 Å². The van der Waals surface area contributed by atoms with Crippen molar-refractivity contribution in [3.05, 3.63) is 103 Å². The zero-order chi connectivity index (χ0) is 35.8. The maximum absolute atomic E-state index is 12.0. The zero-order valence-corrected chi connectivity index (χ0v) is 27.7. The third kappa shape index (κ3) is 6.60. The van der Waals surface area contributed by atoms with Crippen LogP contribution in [0.5, 0.6) is 5.75 Å². The summed E-state index contributed by atoms with van der Waals surface area (Å²) in [6, 6.07) is 25.9. The maximum Gasteiger partial charge on any atom is 0.296 e. The van der Waals surface area contributed by atoms with Crippen LogP contribution in [0, 0.1) is 0 Å². The number of rotatable bonds is 9. The molecule has 0 radical (unpaired) electrons. The monoisotopic (exact) mass is 712 g/mol. The Morgan fingerprint density at radius 1 is 0.580 bits per heavy atom. The van der Waals surface area contributed by atoms with Crippen molar-refractivity contribution in [2.45, 2.75) is 16.4 Å². The van der Waals surface area contributed by atoms with Gasteiger partial charge in [0, 0.05) is 27.1 Å². The first-order chi connectivity index (χ1) is 23.8. The Kier molecular flexibility index (Phi) is 9.04. The Morgan fingerprint density at radius 3 is 1.46 bits per heavy atom. The fourth-order valence-corrected chi connectivity index (χ4v) is 6.74. The maximum atomic E-state index is 12.0. The predicted octanol–water partition coefficient (Wildman–Crippen LogP) is 7.65. The number of aliphatic hydroxyl groups is 1. The molecule has 0 amide bonds. The predicted molar refractivity (Wildman–Crippen MR) is 189 cm³/mol. The molecule has 6 aromatic rings. The van der Waals surface area contributed by atoms with Crippen molar-refractivity contribution in [3.8, 4) is 16.9 Å². The summed E-state index contributed by atoms with van der Waals surface area (Å²) >= 11 is 0. The Hall–Kier alpha value is -5.78. The fourth-order valence-electron chi connectivity index (χ4n) is 5.44. The highest BCUT2D eigenvalue weighted by molar-refractivity contribution is 7.86. The molecule has 0 fully saturated rings. The van der Waals surface area contributed by atoms with Crippen LogP contribution < -0.4 is 16.2 Å². The fraction of sp³-hybridized carbons (Fsp3) is 0.0588. The van der Waals surface area contributed by atoms with Gasteiger partial charge in [0.05, 0.1) is 42.2 Å². The summed E-state index contributed by atoms with van der Waals surface area (Å²) in [6.45, 7) is -0.397. The largest absolute Gasteiger partial charge is 0.494 e. The molecule has 16 heteroatoms. The molecule has 0 aliphatic heterocycles. The Balaban J connectivity index is 1.34. The molecule has 0 spiro atoms. The highest BCUT2D eigenvalue weighted by Gasteiger charge is 2.20. The molecule has 14 nitrogen and oxygen atoms in total. The van der Waals surface area contributed by atoms with E-state index in [1.54, 1.807) is 84.9 Å². The molecule has 254 valence electrons. The number of nitrogens with zero attached hydrogens (tertiary/aromatic N) is 4. The van der Waals surface area contributed by atoms with Crippen molar-refractivity contribution in [2.24, 2.45) is 20.5 Å². The van der Waals surface area contributed by atoms with Crippen molar-refractivity contribution < 1.29 is 35.8 Å². The van der Waals surface area contributed by atoms with E-state index in [-0.39, 0.29) is 22.7 Å². The van der Waals surface area contributed by atoms with Crippen LogP contribution in [0.2, 0.25) is 0 Å². The van der Waals surface area contributed by atoms with E-state index in [1.165, 1.54) is 7.11 Å². The van der Waals surface area contributed by atoms with Crippen LogP contribution in [-0.2, 0) is 26.8 Å². The van der Waals surface area contributed by atoms with Gasteiger partial charge >= 0.3 is 0 Å². The summed E-state index contributed by atoms with van der Waals surface area (Å²) in [5.74, 6) is 0.334. The first-order valence-corrected chi connectivity index (χ1v) is 17.5. The van der Waals surface area contributed by atoms with Gasteiger partial charge in [-0.25, -0.2) is 0 Å². The molecule has 0 saturated carbocycles. The molecule has 7 N–H and O–H groups in total. The summed E-state index contributed by atoms with van der Waals surface area (Å²) in [7, 11) is -7.84. The van der Waals surface area contributed by atoms with Crippen LogP contribution in [-0.4, -0.2) is 38.2 Å². The third-order valence-electron chi connectivity index (χ3n) is 7.90. The van der Waals surface area contributed by atoms with Crippen LogP contribution in [0.3, 0.4) is 0 Å². The summed E-state index contributed by atoms with van der Waals surface area (Å²) in [6.07, 6.45) is 0. The molecule has 0 saturated heterocycles. The molecule has 6 rings (SSSR count). The number of fused-ring (bicyclic) bond motifs is 2. The molecular weight excluding hydrogens is 685 g/mol. The molecule has 0 bridgehead atoms. The number of methoxy groups -OCH3 is 1. The van der Waals surface area contributed by atoms with E-state index in [9.17, 15) is 31.0 Å². The van der Waals surface area contributed by atoms with Crippen LogP contribution in [0.4, 0.5) is 34.1 Å². The molecular formula is C34H28N6O8S2. The van der Waals surface area contributed by atoms with Crippen molar-refractivity contribution in [2.75, 3.05) is 18.6 Å². The summed E-state index contributed by atoms with van der Waals surface area (Å²) in [4.78, 5) is -0.982. The van der Waals surface area contributed by atoms with Gasteiger partial charge in [-0.15, -0.1) is 15.3 Å². The minimum absolute atomic E-state index is 0.108. The molecule has 0 heterocycles. The first-order valence-electron chi connectivity index (χ1n) is 14.6. The first kappa shape index (κ1) is 34.1. The number of benzene rings is 6. The molecule has 0 atom stereocenters. The average molecular weight is 713 g/mol. The number of anilines is 2. The van der Waals surface area contributed by atoms with Gasteiger partial charge in [-0.1, -0.05) is 60.7 Å². The molecule has 50 heavy (non-hydrogen) atoms. The molecule has 0 unspecified atom stereocenters. The van der Waals surface area contributed by atoms with Gasteiger partial charge in [-0.2, -0.15) is 21.9 Å². The van der Waals surface area contributed by atoms with Gasteiger partial charge in [-0.3, -0.25) is 9.11 Å². The smallest absolute Gasteiger partial charge is 0.296 e. The number of azo groups is 2. The van der Waals surface area contributed by atoms with Crippen LogP contribution in [0.25, 0.3) is 32.7 Å². The van der Waals surface area contributed by atoms with E-state index in [1.807, 2.05) is 0 Å². The third-order valence-corrected chi connectivity index (χ3v) is 9.69. The highest BCUT2D eigenvalue weighted by atomic mass is 32.2. The Morgan fingerprint density at radius 2 is 1.00 bits per heavy atom. The SMILES string of the molecule is COc1cc(-c2ccc(N=Nc3cc(S(=O)(=O)O)c(N)c4ccccc34)c(CO)c2)ccc1N=Nc1cc(S(=O)(=O)O)c(N)c2ccccc12. The Bertz CT molecular complexity index is 2430. The standard InChI is InChI=1S/C34H28N6O8S2/c1-48-30-15-20(11-13-27(30)38-40-29-17-32(50(45,46)47)34(36)25-9-5-3-7-23(25)29)19-10-12-26(21(14-19)18-41)37-39-28-16-31(49(42,43)44)33(35)24-8-4-2-6-22(24)28/h2-17,41H,18,35-36H2,1H3,(H,42,43,44)(H,45,46,47). The topological polar surface area (TPSA) is 240 Å². The second kappa shape index (κ2) is 13.3. The second-order valence-electron chi connectivity index (χ2n) is 10.9. The van der Waals surface area contributed by atoms with Gasteiger partial charge in [-0.05, 0) is 47.5 Å². The number of hydrogen-bond donors (Lipinski definition) is 5. The average Bonchev–Trinajstić information content (AvgIpc) is 3.10. The van der Waals surface area contributed by atoms with Gasteiger partial charge < -0.3 is 21.3 Å². The van der Waals surface area contributed by atoms with E-state index < -0.39 is 36.6 Å². The van der Waals surface area contributed by atoms with Crippen LogP contribution in [0.15, 0.2) is 127 Å². The highest BCUT2D eigenvalue weighted by Crippen LogP contribution is 2.40. The number of hydrogen-bond acceptors (Lipinski definition) is 12. The minimum Gasteiger partial charge on any atom is -0.494 e. The van der Waals surface area contributed by atoms with Crippen LogP contribution >= 0.6 is 0 Å². The lowest BCUT2D eigenvalue weighted by atomic mass is 10.0. The number of nitrogens with two attached hydrogens (primary N) is 2. The normalized spacial score (nSPS) is 12.4. The number of aliphatic hydroxyl groups excluding tert-OH is 1. The lowest BCUT2D eigenvalue weighted by Crippen LogP contribution is -2.03.